The Bertz CT molecular complexity index is 474. The van der Waals surface area contributed by atoms with Crippen molar-refractivity contribution in [1.29, 1.82) is 0 Å². The predicted octanol–water partition coefficient (Wildman–Crippen LogP) is 1.32. The van der Waals surface area contributed by atoms with Crippen LogP contribution in [0, 0.1) is 6.92 Å². The van der Waals surface area contributed by atoms with Crippen molar-refractivity contribution >= 4 is 11.9 Å². The van der Waals surface area contributed by atoms with E-state index in [1.165, 1.54) is 25.2 Å². The van der Waals surface area contributed by atoms with E-state index in [-0.39, 0.29) is 11.9 Å². The molecule has 20 heavy (non-hydrogen) atoms. The normalized spacial score (nSPS) is 13.4. The van der Waals surface area contributed by atoms with E-state index in [0.29, 0.717) is 6.54 Å². The van der Waals surface area contributed by atoms with Crippen LogP contribution in [-0.2, 0) is 14.3 Å². The number of carbonyl (C=O) groups is 2. The largest absolute Gasteiger partial charge is 0.467 e. The smallest absolute Gasteiger partial charge is 0.329 e. The molecule has 0 aromatic heterocycles. The first-order chi connectivity index (χ1) is 9.45. The Morgan fingerprint density at radius 3 is 2.50 bits per heavy atom. The summed E-state index contributed by atoms with van der Waals surface area (Å²) in [4.78, 5) is 22.7. The number of methoxy groups -OCH3 is 1. The fourth-order valence-corrected chi connectivity index (χ4v) is 2.06. The summed E-state index contributed by atoms with van der Waals surface area (Å²) >= 11 is 0. The van der Waals surface area contributed by atoms with Crippen molar-refractivity contribution < 1.29 is 14.3 Å². The summed E-state index contributed by atoms with van der Waals surface area (Å²) in [6.07, 6.45) is 0. The number of hydrogen-bond acceptors (Lipinski definition) is 4. The first kappa shape index (κ1) is 16.2. The average molecular weight is 278 g/mol. The molecule has 2 atom stereocenters. The molecular weight excluding hydrogens is 256 g/mol. The summed E-state index contributed by atoms with van der Waals surface area (Å²) in [6.45, 7) is 5.76. The molecule has 0 radical (unpaired) electrons. The average Bonchev–Trinajstić information content (AvgIpc) is 2.42. The van der Waals surface area contributed by atoms with Crippen molar-refractivity contribution in [3.8, 4) is 0 Å². The number of aryl methyl sites for hydroxylation is 1. The molecule has 0 aliphatic carbocycles. The molecule has 0 saturated heterocycles. The summed E-state index contributed by atoms with van der Waals surface area (Å²) in [7, 11) is 1.31. The van der Waals surface area contributed by atoms with Gasteiger partial charge in [-0.05, 0) is 25.0 Å². The van der Waals surface area contributed by atoms with E-state index in [1.807, 2.05) is 38.1 Å². The van der Waals surface area contributed by atoms with Crippen LogP contribution in [0.15, 0.2) is 24.3 Å². The molecule has 0 heterocycles. The molecule has 0 spiro atoms. The molecule has 1 aromatic carbocycles. The topological polar surface area (TPSA) is 67.4 Å². The van der Waals surface area contributed by atoms with Crippen molar-refractivity contribution in [3.05, 3.63) is 35.4 Å². The standard InChI is InChI=1S/C15H22N2O3/c1-10-7-5-6-8-13(10)11(2)16-9-14(15(19)20-4)17-12(3)18/h5-8,11,14,16H,9H2,1-4H3,(H,17,18)/t11-,14?/m1/s1. The Balaban J connectivity index is 2.65. The highest BCUT2D eigenvalue weighted by Gasteiger charge is 2.21. The van der Waals surface area contributed by atoms with E-state index >= 15 is 0 Å². The number of ether oxygens (including phenoxy) is 1. The number of nitrogens with one attached hydrogen (secondary N) is 2. The molecule has 1 unspecified atom stereocenters. The molecular formula is C15H22N2O3. The molecule has 110 valence electrons. The minimum atomic E-state index is -0.677. The first-order valence-electron chi connectivity index (χ1n) is 6.59. The fourth-order valence-electron chi connectivity index (χ4n) is 2.06. The van der Waals surface area contributed by atoms with Crippen LogP contribution in [0.4, 0.5) is 0 Å². The van der Waals surface area contributed by atoms with Gasteiger partial charge in [0.25, 0.3) is 0 Å². The lowest BCUT2D eigenvalue weighted by Gasteiger charge is -2.21. The van der Waals surface area contributed by atoms with Gasteiger partial charge in [0.15, 0.2) is 0 Å². The van der Waals surface area contributed by atoms with Gasteiger partial charge >= 0.3 is 5.97 Å². The van der Waals surface area contributed by atoms with Crippen LogP contribution in [0.3, 0.4) is 0 Å². The molecule has 1 rings (SSSR count). The lowest BCUT2D eigenvalue weighted by Crippen LogP contribution is -2.47. The predicted molar refractivity (Wildman–Crippen MR) is 77.2 cm³/mol. The summed E-state index contributed by atoms with van der Waals surface area (Å²) < 4.78 is 4.68. The lowest BCUT2D eigenvalue weighted by atomic mass is 10.0. The van der Waals surface area contributed by atoms with Gasteiger partial charge in [0.1, 0.15) is 6.04 Å². The van der Waals surface area contributed by atoms with E-state index in [9.17, 15) is 9.59 Å². The summed E-state index contributed by atoms with van der Waals surface area (Å²) in [5, 5.41) is 5.82. The fraction of sp³-hybridized carbons (Fsp3) is 0.467. The molecule has 1 aromatic rings. The van der Waals surface area contributed by atoms with Crippen LogP contribution in [0.2, 0.25) is 0 Å². The number of rotatable bonds is 6. The van der Waals surface area contributed by atoms with E-state index in [2.05, 4.69) is 15.4 Å². The molecule has 0 saturated carbocycles. The van der Waals surface area contributed by atoms with Gasteiger partial charge in [0, 0.05) is 19.5 Å². The summed E-state index contributed by atoms with van der Waals surface area (Å²) in [5.41, 5.74) is 2.35. The zero-order chi connectivity index (χ0) is 15.1. The molecule has 0 aliphatic heterocycles. The van der Waals surface area contributed by atoms with Gasteiger partial charge in [-0.2, -0.15) is 0 Å². The van der Waals surface area contributed by atoms with Gasteiger partial charge < -0.3 is 15.4 Å². The highest BCUT2D eigenvalue weighted by Crippen LogP contribution is 2.16. The van der Waals surface area contributed by atoms with Crippen molar-refractivity contribution in [1.82, 2.24) is 10.6 Å². The highest BCUT2D eigenvalue weighted by atomic mass is 16.5. The monoisotopic (exact) mass is 278 g/mol. The second-order valence-corrected chi connectivity index (χ2v) is 4.76. The summed E-state index contributed by atoms with van der Waals surface area (Å²) in [6, 6.07) is 7.45. The van der Waals surface area contributed by atoms with Crippen LogP contribution in [-0.4, -0.2) is 31.6 Å². The molecule has 1 amide bonds. The maximum Gasteiger partial charge on any atom is 0.329 e. The van der Waals surface area contributed by atoms with Gasteiger partial charge in [-0.1, -0.05) is 24.3 Å². The van der Waals surface area contributed by atoms with Gasteiger partial charge in [0.2, 0.25) is 5.91 Å². The summed E-state index contributed by atoms with van der Waals surface area (Å²) in [5.74, 6) is -0.713. The zero-order valence-electron chi connectivity index (χ0n) is 12.4. The highest BCUT2D eigenvalue weighted by molar-refractivity contribution is 5.83. The van der Waals surface area contributed by atoms with E-state index in [0.717, 1.165) is 0 Å². The maximum atomic E-state index is 11.6. The number of esters is 1. The van der Waals surface area contributed by atoms with E-state index in [1.54, 1.807) is 0 Å². The van der Waals surface area contributed by atoms with Crippen molar-refractivity contribution in [2.45, 2.75) is 32.9 Å². The Hall–Kier alpha value is -1.88. The van der Waals surface area contributed by atoms with Crippen LogP contribution >= 0.6 is 0 Å². The van der Waals surface area contributed by atoms with Gasteiger partial charge in [-0.25, -0.2) is 4.79 Å². The second-order valence-electron chi connectivity index (χ2n) is 4.76. The van der Waals surface area contributed by atoms with Crippen molar-refractivity contribution in [2.24, 2.45) is 0 Å². The molecule has 5 nitrogen and oxygen atoms in total. The van der Waals surface area contributed by atoms with Crippen molar-refractivity contribution in [2.75, 3.05) is 13.7 Å². The molecule has 5 heteroatoms. The minimum absolute atomic E-state index is 0.0807. The van der Waals surface area contributed by atoms with Crippen LogP contribution in [0.25, 0.3) is 0 Å². The Morgan fingerprint density at radius 1 is 1.30 bits per heavy atom. The number of benzene rings is 1. The quantitative estimate of drug-likeness (QED) is 0.770. The number of amides is 1. The van der Waals surface area contributed by atoms with Crippen LogP contribution in [0.5, 0.6) is 0 Å². The first-order valence-corrected chi connectivity index (χ1v) is 6.59. The number of hydrogen-bond donors (Lipinski definition) is 2. The van der Waals surface area contributed by atoms with Gasteiger partial charge in [-0.15, -0.1) is 0 Å². The lowest BCUT2D eigenvalue weighted by molar-refractivity contribution is -0.144. The second kappa shape index (κ2) is 7.65. The minimum Gasteiger partial charge on any atom is -0.467 e. The Morgan fingerprint density at radius 2 is 1.95 bits per heavy atom. The van der Waals surface area contributed by atoms with Crippen LogP contribution in [0.1, 0.15) is 31.0 Å². The molecule has 0 fully saturated rings. The SMILES string of the molecule is COC(=O)C(CN[C@H](C)c1ccccc1C)NC(C)=O. The number of carbonyl (C=O) groups excluding carboxylic acids is 2. The Labute approximate surface area is 119 Å². The molecule has 0 bridgehead atoms. The third-order valence-corrected chi connectivity index (χ3v) is 3.15. The maximum absolute atomic E-state index is 11.6. The molecule has 0 aliphatic rings. The van der Waals surface area contributed by atoms with Gasteiger partial charge in [0.05, 0.1) is 7.11 Å². The third-order valence-electron chi connectivity index (χ3n) is 3.15. The van der Waals surface area contributed by atoms with Crippen molar-refractivity contribution in [3.63, 3.8) is 0 Å². The molecule has 2 N–H and O–H groups in total. The van der Waals surface area contributed by atoms with Gasteiger partial charge in [-0.3, -0.25) is 4.79 Å². The van der Waals surface area contributed by atoms with Crippen LogP contribution < -0.4 is 10.6 Å². The Kier molecular flexibility index (Phi) is 6.18. The van der Waals surface area contributed by atoms with E-state index in [4.69, 9.17) is 0 Å². The van der Waals surface area contributed by atoms with E-state index < -0.39 is 12.0 Å². The zero-order valence-corrected chi connectivity index (χ0v) is 12.4. The third kappa shape index (κ3) is 4.66.